The molecule has 0 saturated heterocycles. The van der Waals surface area contributed by atoms with Crippen LogP contribution in [0, 0.1) is 5.41 Å². The number of hydrogen-bond acceptors (Lipinski definition) is 1. The maximum atomic E-state index is 8.90. The van der Waals surface area contributed by atoms with E-state index in [1.807, 2.05) is 0 Å². The Labute approximate surface area is 92.2 Å². The Morgan fingerprint density at radius 3 is 2.14 bits per heavy atom. The van der Waals surface area contributed by atoms with Crippen molar-refractivity contribution in [3.63, 3.8) is 0 Å². The zero-order chi connectivity index (χ0) is 10.9. The van der Waals surface area contributed by atoms with Crippen LogP contribution in [-0.4, -0.2) is 14.6 Å². The largest absolute Gasteiger partial charge is 0.432 e. The van der Waals surface area contributed by atoms with E-state index in [4.69, 9.17) is 4.80 Å². The molecule has 0 aromatic rings. The van der Waals surface area contributed by atoms with Gasteiger partial charge in [-0.25, -0.2) is 0 Å². The van der Waals surface area contributed by atoms with Crippen LogP contribution >= 0.6 is 0 Å². The molecular formula is C12H26OSi. The maximum absolute atomic E-state index is 8.90. The number of rotatable bonds is 9. The van der Waals surface area contributed by atoms with Crippen molar-refractivity contribution in [2.24, 2.45) is 5.41 Å². The first kappa shape index (κ1) is 14.2. The molecule has 0 rings (SSSR count). The zero-order valence-corrected chi connectivity index (χ0v) is 11.1. The van der Waals surface area contributed by atoms with Gasteiger partial charge in [-0.3, -0.25) is 0 Å². The topological polar surface area (TPSA) is 20.2 Å². The van der Waals surface area contributed by atoms with Crippen LogP contribution in [0.1, 0.15) is 65.7 Å². The van der Waals surface area contributed by atoms with Gasteiger partial charge >= 0.3 is 0 Å². The van der Waals surface area contributed by atoms with E-state index in [2.05, 4.69) is 20.8 Å². The van der Waals surface area contributed by atoms with Gasteiger partial charge in [0, 0.05) is 0 Å². The molecule has 0 amide bonds. The molecule has 0 saturated carbocycles. The van der Waals surface area contributed by atoms with Gasteiger partial charge in [-0.1, -0.05) is 59.3 Å². The third kappa shape index (κ3) is 8.76. The van der Waals surface area contributed by atoms with Crippen molar-refractivity contribution in [1.82, 2.24) is 0 Å². The quantitative estimate of drug-likeness (QED) is 0.457. The van der Waals surface area contributed by atoms with Gasteiger partial charge in [-0.05, 0) is 17.9 Å². The first-order valence-corrected chi connectivity index (χ1v) is 7.15. The molecule has 0 unspecified atom stereocenters. The van der Waals surface area contributed by atoms with Gasteiger partial charge in [0.05, 0.1) is 0 Å². The summed E-state index contributed by atoms with van der Waals surface area (Å²) < 4.78 is 0. The molecule has 0 fully saturated rings. The SMILES string of the molecule is CCCCCCCCC(C)(C)C[Si]O. The normalized spacial score (nSPS) is 12.0. The predicted molar refractivity (Wildman–Crippen MR) is 64.6 cm³/mol. The second kappa shape index (κ2) is 8.48. The van der Waals surface area contributed by atoms with Crippen LogP contribution in [0.25, 0.3) is 0 Å². The molecule has 0 aliphatic rings. The van der Waals surface area contributed by atoms with Crippen LogP contribution in [0.5, 0.6) is 0 Å². The van der Waals surface area contributed by atoms with E-state index in [1.165, 1.54) is 44.9 Å². The fourth-order valence-electron chi connectivity index (χ4n) is 1.69. The van der Waals surface area contributed by atoms with Crippen LogP contribution in [-0.2, 0) is 0 Å². The Kier molecular flexibility index (Phi) is 8.59. The molecule has 1 N–H and O–H groups in total. The molecule has 0 bridgehead atoms. The summed E-state index contributed by atoms with van der Waals surface area (Å²) in [6, 6.07) is 0.974. The second-order valence-corrected chi connectivity index (χ2v) is 5.69. The highest BCUT2D eigenvalue weighted by Crippen LogP contribution is 2.27. The van der Waals surface area contributed by atoms with Gasteiger partial charge in [-0.15, -0.1) is 0 Å². The van der Waals surface area contributed by atoms with E-state index in [0.717, 1.165) is 6.04 Å². The summed E-state index contributed by atoms with van der Waals surface area (Å²) in [5.41, 5.74) is 0.359. The Hall–Kier alpha value is 0.177. The lowest BCUT2D eigenvalue weighted by Crippen LogP contribution is -2.13. The molecule has 1 nitrogen and oxygen atoms in total. The lowest BCUT2D eigenvalue weighted by Gasteiger charge is -2.22. The van der Waals surface area contributed by atoms with Crippen LogP contribution in [0.4, 0.5) is 0 Å². The van der Waals surface area contributed by atoms with Crippen LogP contribution in [0.2, 0.25) is 6.04 Å². The van der Waals surface area contributed by atoms with Crippen LogP contribution in [0.15, 0.2) is 0 Å². The summed E-state index contributed by atoms with van der Waals surface area (Å²) in [5, 5.41) is 0. The maximum Gasteiger partial charge on any atom is 0.224 e. The minimum Gasteiger partial charge on any atom is -0.432 e. The monoisotopic (exact) mass is 214 g/mol. The molecule has 0 aromatic carbocycles. The van der Waals surface area contributed by atoms with E-state index in [-0.39, 0.29) is 9.76 Å². The molecule has 0 atom stereocenters. The van der Waals surface area contributed by atoms with Crippen molar-refractivity contribution in [1.29, 1.82) is 0 Å². The summed E-state index contributed by atoms with van der Waals surface area (Å²) in [7, 11) is 0.121. The average Bonchev–Trinajstić information content (AvgIpc) is 2.11. The highest BCUT2D eigenvalue weighted by atomic mass is 28.2. The first-order chi connectivity index (χ1) is 6.62. The number of hydrogen-bond donors (Lipinski definition) is 1. The molecular weight excluding hydrogens is 188 g/mol. The van der Waals surface area contributed by atoms with Crippen molar-refractivity contribution >= 4 is 9.76 Å². The van der Waals surface area contributed by atoms with Crippen LogP contribution < -0.4 is 0 Å². The first-order valence-electron chi connectivity index (χ1n) is 5.99. The molecule has 2 heteroatoms. The fourth-order valence-corrected chi connectivity index (χ4v) is 2.29. The van der Waals surface area contributed by atoms with Crippen molar-refractivity contribution in [3.8, 4) is 0 Å². The molecule has 2 radical (unpaired) electrons. The third-order valence-corrected chi connectivity index (χ3v) is 3.88. The average molecular weight is 214 g/mol. The molecule has 14 heavy (non-hydrogen) atoms. The standard InChI is InChI=1S/C12H26OSi/c1-4-5-6-7-8-9-10-12(2,3)11-14-13/h13H,4-11H2,1-3H3. The Morgan fingerprint density at radius 2 is 1.57 bits per heavy atom. The van der Waals surface area contributed by atoms with Gasteiger partial charge < -0.3 is 4.80 Å². The van der Waals surface area contributed by atoms with Gasteiger partial charge in [0.1, 0.15) is 0 Å². The van der Waals surface area contributed by atoms with Crippen molar-refractivity contribution in [3.05, 3.63) is 0 Å². The zero-order valence-electron chi connectivity index (χ0n) is 10.1. The van der Waals surface area contributed by atoms with E-state index in [0.29, 0.717) is 5.41 Å². The lowest BCUT2D eigenvalue weighted by atomic mass is 9.89. The highest BCUT2D eigenvalue weighted by Gasteiger charge is 2.16. The molecule has 0 aromatic heterocycles. The van der Waals surface area contributed by atoms with E-state index in [9.17, 15) is 0 Å². The van der Waals surface area contributed by atoms with Gasteiger partial charge in [0.25, 0.3) is 0 Å². The predicted octanol–water partition coefficient (Wildman–Crippen LogP) is 3.79. The lowest BCUT2D eigenvalue weighted by molar-refractivity contribution is 0.346. The minimum atomic E-state index is 0.121. The number of unbranched alkanes of at least 4 members (excludes halogenated alkanes) is 5. The van der Waals surface area contributed by atoms with E-state index in [1.54, 1.807) is 0 Å². The molecule has 0 heterocycles. The summed E-state index contributed by atoms with van der Waals surface area (Å²) in [4.78, 5) is 8.90. The Bertz CT molecular complexity index is 123. The smallest absolute Gasteiger partial charge is 0.224 e. The van der Waals surface area contributed by atoms with Gasteiger partial charge in [0.15, 0.2) is 0 Å². The van der Waals surface area contributed by atoms with Crippen molar-refractivity contribution in [2.75, 3.05) is 0 Å². The van der Waals surface area contributed by atoms with Crippen molar-refractivity contribution < 1.29 is 4.80 Å². The van der Waals surface area contributed by atoms with E-state index < -0.39 is 0 Å². The summed E-state index contributed by atoms with van der Waals surface area (Å²) >= 11 is 0. The van der Waals surface area contributed by atoms with Crippen molar-refractivity contribution in [2.45, 2.75) is 71.8 Å². The Balaban J connectivity index is 3.26. The van der Waals surface area contributed by atoms with Gasteiger partial charge in [0.2, 0.25) is 9.76 Å². The van der Waals surface area contributed by atoms with Gasteiger partial charge in [-0.2, -0.15) is 0 Å². The van der Waals surface area contributed by atoms with Crippen LogP contribution in [0.3, 0.4) is 0 Å². The fraction of sp³-hybridized carbons (Fsp3) is 1.00. The Morgan fingerprint density at radius 1 is 1.00 bits per heavy atom. The molecule has 0 aliphatic carbocycles. The summed E-state index contributed by atoms with van der Waals surface area (Å²) in [6.07, 6.45) is 9.49. The minimum absolute atomic E-state index is 0.121. The molecule has 0 aliphatic heterocycles. The molecule has 84 valence electrons. The third-order valence-electron chi connectivity index (χ3n) is 2.76. The molecule has 0 spiro atoms. The highest BCUT2D eigenvalue weighted by molar-refractivity contribution is 6.25. The summed E-state index contributed by atoms with van der Waals surface area (Å²) in [6.45, 7) is 6.79. The summed E-state index contributed by atoms with van der Waals surface area (Å²) in [5.74, 6) is 0. The van der Waals surface area contributed by atoms with E-state index >= 15 is 0 Å². The second-order valence-electron chi connectivity index (χ2n) is 5.02.